The zero-order valence-corrected chi connectivity index (χ0v) is 16.8. The third-order valence-corrected chi connectivity index (χ3v) is 5.00. The van der Waals surface area contributed by atoms with E-state index in [-0.39, 0.29) is 16.2 Å². The first kappa shape index (κ1) is 18.8. The molecule has 0 saturated heterocycles. The molecule has 3 rings (SSSR count). The van der Waals surface area contributed by atoms with E-state index in [0.29, 0.717) is 21.4 Å². The second kappa shape index (κ2) is 7.75. The third kappa shape index (κ3) is 3.91. The molecule has 0 amide bonds. The van der Waals surface area contributed by atoms with Crippen molar-refractivity contribution in [1.29, 1.82) is 0 Å². The highest BCUT2D eigenvalue weighted by Gasteiger charge is 2.13. The zero-order chi connectivity index (χ0) is 18.8. The summed E-state index contributed by atoms with van der Waals surface area (Å²) in [6.45, 7) is 0. The van der Waals surface area contributed by atoms with Gasteiger partial charge in [-0.1, -0.05) is 39.1 Å². The number of rotatable bonds is 3. The first-order valence-electron chi connectivity index (χ1n) is 7.20. The maximum absolute atomic E-state index is 12.2. The standard InChI is InChI=1S/C17H10BrCl2N3O2S/c18-9-1-3-10(4-2-9)21-8-12-15(24)22-17(26)23(16(12)25)11-5-6-13(19)14(20)7-11/h1-8,25H,(H,22,24,26). The monoisotopic (exact) mass is 469 g/mol. The minimum Gasteiger partial charge on any atom is -0.494 e. The van der Waals surface area contributed by atoms with Gasteiger partial charge in [0.15, 0.2) is 4.77 Å². The number of aromatic amines is 1. The van der Waals surface area contributed by atoms with Crippen molar-refractivity contribution in [2.45, 2.75) is 0 Å². The molecule has 3 aromatic rings. The van der Waals surface area contributed by atoms with Crippen molar-refractivity contribution >= 4 is 63.3 Å². The fourth-order valence-electron chi connectivity index (χ4n) is 2.18. The Bertz CT molecular complexity index is 1120. The van der Waals surface area contributed by atoms with Crippen LogP contribution in [0, 0.1) is 4.77 Å². The van der Waals surface area contributed by atoms with Crippen LogP contribution < -0.4 is 5.56 Å². The summed E-state index contributed by atoms with van der Waals surface area (Å²) in [5, 5.41) is 11.2. The van der Waals surface area contributed by atoms with Gasteiger partial charge >= 0.3 is 0 Å². The van der Waals surface area contributed by atoms with Gasteiger partial charge in [-0.3, -0.25) is 19.3 Å². The largest absolute Gasteiger partial charge is 0.494 e. The number of aromatic nitrogens is 2. The van der Waals surface area contributed by atoms with Gasteiger partial charge in [-0.05, 0) is 54.7 Å². The second-order valence-corrected chi connectivity index (χ2v) is 7.28. The normalized spacial score (nSPS) is 11.2. The summed E-state index contributed by atoms with van der Waals surface area (Å²) in [6.07, 6.45) is 1.28. The summed E-state index contributed by atoms with van der Waals surface area (Å²) in [5.41, 5.74) is 0.490. The first-order valence-corrected chi connectivity index (χ1v) is 9.16. The molecular weight excluding hydrogens is 461 g/mol. The van der Waals surface area contributed by atoms with Gasteiger partial charge in [0.25, 0.3) is 5.56 Å². The van der Waals surface area contributed by atoms with Gasteiger partial charge in [-0.2, -0.15) is 0 Å². The first-order chi connectivity index (χ1) is 12.4. The lowest BCUT2D eigenvalue weighted by atomic mass is 10.3. The molecule has 1 aromatic heterocycles. The molecule has 5 nitrogen and oxygen atoms in total. The Morgan fingerprint density at radius 3 is 2.50 bits per heavy atom. The van der Waals surface area contributed by atoms with Gasteiger partial charge in [0.05, 0.1) is 21.4 Å². The van der Waals surface area contributed by atoms with Crippen molar-refractivity contribution < 1.29 is 5.11 Å². The van der Waals surface area contributed by atoms with Gasteiger partial charge in [0.1, 0.15) is 5.56 Å². The molecule has 132 valence electrons. The minimum absolute atomic E-state index is 0.0201. The van der Waals surface area contributed by atoms with Crippen LogP contribution in [0.15, 0.2) is 56.7 Å². The summed E-state index contributed by atoms with van der Waals surface area (Å²) in [6, 6.07) is 11.9. The highest BCUT2D eigenvalue weighted by atomic mass is 79.9. The van der Waals surface area contributed by atoms with Gasteiger partial charge in [-0.25, -0.2) is 0 Å². The molecular formula is C17H10BrCl2N3O2S. The van der Waals surface area contributed by atoms with E-state index >= 15 is 0 Å². The van der Waals surface area contributed by atoms with E-state index in [4.69, 9.17) is 35.4 Å². The van der Waals surface area contributed by atoms with E-state index in [1.54, 1.807) is 24.3 Å². The summed E-state index contributed by atoms with van der Waals surface area (Å²) in [4.78, 5) is 18.9. The number of H-pyrrole nitrogens is 1. The second-order valence-electron chi connectivity index (χ2n) is 5.16. The number of aliphatic imine (C=N–C) groups is 1. The fourth-order valence-corrected chi connectivity index (χ4v) is 3.03. The Hall–Kier alpha value is -1.93. The smallest absolute Gasteiger partial charge is 0.264 e. The molecule has 9 heteroatoms. The number of halogens is 3. The molecule has 26 heavy (non-hydrogen) atoms. The van der Waals surface area contributed by atoms with E-state index in [2.05, 4.69) is 25.9 Å². The van der Waals surface area contributed by atoms with Crippen molar-refractivity contribution in [3.63, 3.8) is 0 Å². The van der Waals surface area contributed by atoms with Crippen molar-refractivity contribution in [3.8, 4) is 11.6 Å². The van der Waals surface area contributed by atoms with Crippen molar-refractivity contribution in [1.82, 2.24) is 9.55 Å². The minimum atomic E-state index is -0.551. The van der Waals surface area contributed by atoms with E-state index < -0.39 is 5.56 Å². The third-order valence-electron chi connectivity index (χ3n) is 3.45. The average molecular weight is 471 g/mol. The van der Waals surface area contributed by atoms with Gasteiger partial charge < -0.3 is 5.11 Å². The predicted octanol–water partition coefficient (Wildman–Crippen LogP) is 5.42. The molecule has 0 atom stereocenters. The van der Waals surface area contributed by atoms with E-state index in [0.717, 1.165) is 4.47 Å². The summed E-state index contributed by atoms with van der Waals surface area (Å²) in [5.74, 6) is -0.349. The average Bonchev–Trinajstić information content (AvgIpc) is 2.59. The van der Waals surface area contributed by atoms with Crippen LogP contribution in [-0.4, -0.2) is 20.9 Å². The Balaban J connectivity index is 2.12. The maximum Gasteiger partial charge on any atom is 0.264 e. The number of nitrogens with zero attached hydrogens (tertiary/aromatic N) is 2. The number of aromatic hydroxyl groups is 1. The molecule has 0 bridgehead atoms. The summed E-state index contributed by atoms with van der Waals surface area (Å²) in [7, 11) is 0. The summed E-state index contributed by atoms with van der Waals surface area (Å²) >= 11 is 20.4. The molecule has 0 aliphatic carbocycles. The SMILES string of the molecule is O=c1[nH]c(=S)n(-c2ccc(Cl)c(Cl)c2)c(O)c1C=Nc1ccc(Br)cc1. The Labute approximate surface area is 171 Å². The zero-order valence-electron chi connectivity index (χ0n) is 12.9. The fraction of sp³-hybridized carbons (Fsp3) is 0. The van der Waals surface area contributed by atoms with Crippen LogP contribution in [0.2, 0.25) is 10.0 Å². The van der Waals surface area contributed by atoms with Crippen LogP contribution in [0.3, 0.4) is 0 Å². The molecule has 0 radical (unpaired) electrons. The predicted molar refractivity (Wildman–Crippen MR) is 110 cm³/mol. The number of hydrogen-bond acceptors (Lipinski definition) is 4. The Morgan fingerprint density at radius 1 is 1.15 bits per heavy atom. The van der Waals surface area contributed by atoms with E-state index in [1.807, 2.05) is 12.1 Å². The Kier molecular flexibility index (Phi) is 5.62. The topological polar surface area (TPSA) is 70.4 Å². The lowest BCUT2D eigenvalue weighted by Gasteiger charge is -2.11. The van der Waals surface area contributed by atoms with Crippen LogP contribution in [0.5, 0.6) is 5.88 Å². The van der Waals surface area contributed by atoms with Crippen molar-refractivity contribution in [2.75, 3.05) is 0 Å². The van der Waals surface area contributed by atoms with Crippen molar-refractivity contribution in [3.05, 3.63) is 77.7 Å². The molecule has 0 aliphatic rings. The maximum atomic E-state index is 12.2. The molecule has 0 unspecified atom stereocenters. The van der Waals surface area contributed by atoms with Crippen LogP contribution in [0.1, 0.15) is 5.56 Å². The van der Waals surface area contributed by atoms with E-state index in [9.17, 15) is 9.90 Å². The molecule has 1 heterocycles. The lowest BCUT2D eigenvalue weighted by molar-refractivity contribution is 0.432. The lowest BCUT2D eigenvalue weighted by Crippen LogP contribution is -2.18. The molecule has 2 N–H and O–H groups in total. The quantitative estimate of drug-likeness (QED) is 0.396. The van der Waals surface area contributed by atoms with Gasteiger partial charge in [0, 0.05) is 10.7 Å². The van der Waals surface area contributed by atoms with Crippen molar-refractivity contribution in [2.24, 2.45) is 4.99 Å². The summed E-state index contributed by atoms with van der Waals surface area (Å²) < 4.78 is 2.21. The van der Waals surface area contributed by atoms with Gasteiger partial charge in [0.2, 0.25) is 5.88 Å². The van der Waals surface area contributed by atoms with E-state index in [1.165, 1.54) is 16.8 Å². The number of benzene rings is 2. The number of nitrogens with one attached hydrogen (secondary N) is 1. The molecule has 2 aromatic carbocycles. The molecule has 0 fully saturated rings. The van der Waals surface area contributed by atoms with Crippen LogP contribution in [0.25, 0.3) is 5.69 Å². The Morgan fingerprint density at radius 2 is 1.85 bits per heavy atom. The highest BCUT2D eigenvalue weighted by molar-refractivity contribution is 9.10. The number of hydrogen-bond donors (Lipinski definition) is 2. The van der Waals surface area contributed by atoms with Gasteiger partial charge in [-0.15, -0.1) is 0 Å². The molecule has 0 spiro atoms. The van der Waals surface area contributed by atoms with Crippen LogP contribution in [0.4, 0.5) is 5.69 Å². The highest BCUT2D eigenvalue weighted by Crippen LogP contribution is 2.27. The molecule has 0 aliphatic heterocycles. The molecule has 0 saturated carbocycles. The van der Waals surface area contributed by atoms with Crippen LogP contribution >= 0.6 is 51.3 Å². The van der Waals surface area contributed by atoms with Crippen LogP contribution in [-0.2, 0) is 0 Å².